The van der Waals surface area contributed by atoms with Crippen molar-refractivity contribution in [2.24, 2.45) is 0 Å². The van der Waals surface area contributed by atoms with Crippen LogP contribution in [0.4, 0.5) is 11.4 Å². The average molecular weight is 451 g/mol. The fraction of sp³-hybridized carbons (Fsp3) is 0.143. The molecule has 0 bridgehead atoms. The predicted molar refractivity (Wildman–Crippen MR) is 140 cm³/mol. The van der Waals surface area contributed by atoms with Gasteiger partial charge in [0.2, 0.25) is 11.5 Å². The van der Waals surface area contributed by atoms with Crippen molar-refractivity contribution in [2.45, 2.75) is 26.9 Å². The van der Waals surface area contributed by atoms with Gasteiger partial charge in [0.05, 0.1) is 11.0 Å². The van der Waals surface area contributed by atoms with Crippen molar-refractivity contribution in [3.05, 3.63) is 72.8 Å². The third-order valence-electron chi connectivity index (χ3n) is 6.56. The number of fused-ring (bicyclic) bond motifs is 6. The Kier molecular flexibility index (Phi) is 4.55. The van der Waals surface area contributed by atoms with Gasteiger partial charge in [-0.15, -0.1) is 0 Å². The maximum atomic E-state index is 6.28. The topological polar surface area (TPSA) is 80.4 Å². The summed E-state index contributed by atoms with van der Waals surface area (Å²) >= 11 is 0. The molecule has 6 aromatic rings. The van der Waals surface area contributed by atoms with Crippen LogP contribution in [0.15, 0.2) is 72.8 Å². The van der Waals surface area contributed by atoms with Crippen LogP contribution in [0.2, 0.25) is 0 Å². The Labute approximate surface area is 196 Å². The lowest BCUT2D eigenvalue weighted by molar-refractivity contribution is -0.0973. The van der Waals surface area contributed by atoms with Crippen molar-refractivity contribution in [2.75, 3.05) is 11.5 Å². The number of hydrogen-bond acceptors (Lipinski definition) is 4. The van der Waals surface area contributed by atoms with Crippen molar-refractivity contribution in [1.82, 2.24) is 9.13 Å². The van der Waals surface area contributed by atoms with Crippen molar-refractivity contribution in [3.8, 4) is 11.5 Å². The summed E-state index contributed by atoms with van der Waals surface area (Å²) in [6.07, 6.45) is 0. The fourth-order valence-electron chi connectivity index (χ4n) is 5.21. The van der Waals surface area contributed by atoms with Gasteiger partial charge >= 0.3 is 0 Å². The molecule has 0 saturated heterocycles. The van der Waals surface area contributed by atoms with E-state index in [1.165, 1.54) is 0 Å². The molecule has 0 amide bonds. The van der Waals surface area contributed by atoms with Gasteiger partial charge in [0.1, 0.15) is 0 Å². The maximum absolute atomic E-state index is 6.28. The van der Waals surface area contributed by atoms with E-state index < -0.39 is 0 Å². The first kappa shape index (κ1) is 20.3. The number of nitrogen functional groups attached to an aromatic ring is 2. The van der Waals surface area contributed by atoms with E-state index in [2.05, 4.69) is 47.2 Å². The van der Waals surface area contributed by atoms with E-state index in [0.29, 0.717) is 22.9 Å². The van der Waals surface area contributed by atoms with E-state index in [9.17, 15) is 0 Å². The second-order valence-corrected chi connectivity index (χ2v) is 8.52. The molecule has 0 unspecified atom stereocenters. The Morgan fingerprint density at radius 3 is 1.41 bits per heavy atom. The van der Waals surface area contributed by atoms with Crippen LogP contribution in [-0.4, -0.2) is 9.13 Å². The molecule has 0 aliphatic heterocycles. The van der Waals surface area contributed by atoms with Crippen molar-refractivity contribution < 1.29 is 9.78 Å². The second kappa shape index (κ2) is 7.63. The number of hydrogen-bond donors (Lipinski definition) is 2. The van der Waals surface area contributed by atoms with E-state index in [1.807, 2.05) is 48.5 Å². The van der Waals surface area contributed by atoms with Crippen LogP contribution in [0.5, 0.6) is 11.5 Å². The quantitative estimate of drug-likeness (QED) is 0.179. The number of anilines is 2. The molecule has 0 aliphatic rings. The molecule has 4 N–H and O–H groups in total. The zero-order valence-electron chi connectivity index (χ0n) is 19.2. The molecule has 4 aromatic carbocycles. The lowest BCUT2D eigenvalue weighted by Crippen LogP contribution is -2.06. The molecule has 0 fully saturated rings. The van der Waals surface area contributed by atoms with Crippen molar-refractivity contribution >= 4 is 55.0 Å². The first-order chi connectivity index (χ1) is 16.6. The minimum atomic E-state index is 0.572. The SMILES string of the molecule is CCn1c2ccccc2c2cc(N)cc(OOc3cc(N)cc4c5ccccc5n(CC)c34)c21. The summed E-state index contributed by atoms with van der Waals surface area (Å²) in [6.45, 7) is 5.82. The van der Waals surface area contributed by atoms with Crippen LogP contribution in [-0.2, 0) is 13.1 Å². The van der Waals surface area contributed by atoms with Gasteiger partial charge < -0.3 is 20.6 Å². The van der Waals surface area contributed by atoms with E-state index in [1.54, 1.807) is 0 Å². The molecule has 6 heteroatoms. The summed E-state index contributed by atoms with van der Waals surface area (Å²) in [7, 11) is 0. The van der Waals surface area contributed by atoms with E-state index in [0.717, 1.165) is 56.7 Å². The molecule has 2 aromatic heterocycles. The van der Waals surface area contributed by atoms with Gasteiger partial charge in [0.15, 0.2) is 0 Å². The van der Waals surface area contributed by atoms with Gasteiger partial charge in [-0.1, -0.05) is 36.4 Å². The number of benzene rings is 4. The molecule has 34 heavy (non-hydrogen) atoms. The highest BCUT2D eigenvalue weighted by Crippen LogP contribution is 2.40. The smallest absolute Gasteiger partial charge is 0.204 e. The Hall–Kier alpha value is -4.32. The molecule has 6 rings (SSSR count). The minimum Gasteiger partial charge on any atom is -0.399 e. The molecule has 0 atom stereocenters. The lowest BCUT2D eigenvalue weighted by Gasteiger charge is -2.13. The Morgan fingerprint density at radius 2 is 1.00 bits per heavy atom. The summed E-state index contributed by atoms with van der Waals surface area (Å²) in [5, 5.41) is 4.34. The van der Waals surface area contributed by atoms with E-state index >= 15 is 0 Å². The number of aromatic nitrogens is 2. The van der Waals surface area contributed by atoms with Crippen LogP contribution >= 0.6 is 0 Å². The van der Waals surface area contributed by atoms with Gasteiger partial charge in [-0.05, 0) is 38.1 Å². The molecule has 6 nitrogen and oxygen atoms in total. The third-order valence-corrected chi connectivity index (χ3v) is 6.56. The summed E-state index contributed by atoms with van der Waals surface area (Å²) in [5.41, 5.74) is 18.0. The van der Waals surface area contributed by atoms with Gasteiger partial charge in [-0.25, -0.2) is 0 Å². The third kappa shape index (κ3) is 2.88. The zero-order chi connectivity index (χ0) is 23.4. The largest absolute Gasteiger partial charge is 0.399 e. The van der Waals surface area contributed by atoms with Crippen LogP contribution in [0.25, 0.3) is 43.6 Å². The van der Waals surface area contributed by atoms with Gasteiger partial charge in [0.25, 0.3) is 0 Å². The Morgan fingerprint density at radius 1 is 0.588 bits per heavy atom. The van der Waals surface area contributed by atoms with Gasteiger partial charge in [0, 0.05) is 69.2 Å². The summed E-state index contributed by atoms with van der Waals surface area (Å²) < 4.78 is 4.45. The molecule has 0 saturated carbocycles. The van der Waals surface area contributed by atoms with Crippen LogP contribution in [0.1, 0.15) is 13.8 Å². The minimum absolute atomic E-state index is 0.572. The molecule has 170 valence electrons. The van der Waals surface area contributed by atoms with Crippen molar-refractivity contribution in [3.63, 3.8) is 0 Å². The number of nitrogens with two attached hydrogens (primary N) is 2. The first-order valence-electron chi connectivity index (χ1n) is 11.6. The summed E-state index contributed by atoms with van der Waals surface area (Å²) in [5.74, 6) is 1.14. The summed E-state index contributed by atoms with van der Waals surface area (Å²) in [4.78, 5) is 12.1. The second-order valence-electron chi connectivity index (χ2n) is 8.52. The molecular weight excluding hydrogens is 424 g/mol. The van der Waals surface area contributed by atoms with E-state index in [4.69, 9.17) is 21.2 Å². The first-order valence-corrected chi connectivity index (χ1v) is 11.6. The van der Waals surface area contributed by atoms with E-state index in [-0.39, 0.29) is 0 Å². The maximum Gasteiger partial charge on any atom is 0.204 e. The van der Waals surface area contributed by atoms with Crippen LogP contribution in [0, 0.1) is 0 Å². The van der Waals surface area contributed by atoms with Crippen LogP contribution < -0.4 is 21.2 Å². The van der Waals surface area contributed by atoms with Gasteiger partial charge in [-0.3, -0.25) is 9.78 Å². The predicted octanol–water partition coefficient (Wildman–Crippen LogP) is 6.48. The van der Waals surface area contributed by atoms with Crippen molar-refractivity contribution in [1.29, 1.82) is 0 Å². The number of para-hydroxylation sites is 2. The zero-order valence-corrected chi connectivity index (χ0v) is 19.2. The molecule has 0 spiro atoms. The number of rotatable bonds is 5. The highest BCUT2D eigenvalue weighted by Gasteiger charge is 2.19. The lowest BCUT2D eigenvalue weighted by atomic mass is 10.1. The Balaban J connectivity index is 1.53. The fourth-order valence-corrected chi connectivity index (χ4v) is 5.21. The highest BCUT2D eigenvalue weighted by atomic mass is 17.2. The average Bonchev–Trinajstić information content (AvgIpc) is 3.34. The number of aryl methyl sites for hydroxylation is 2. The Bertz CT molecular complexity index is 1580. The molecular formula is C28H26N4O2. The number of nitrogens with zero attached hydrogens (tertiary/aromatic N) is 2. The normalized spacial score (nSPS) is 11.7. The molecule has 0 aliphatic carbocycles. The van der Waals surface area contributed by atoms with Gasteiger partial charge in [-0.2, -0.15) is 0 Å². The standard InChI is InChI=1S/C28H26N4O2/c1-3-31-23-11-7-5-9-19(23)21-13-17(29)15-25(27(21)31)33-34-26-16-18(30)14-22-20-10-6-8-12-24(20)32(4-2)28(22)26/h5-16H,3-4,29-30H2,1-2H3. The van der Waals surface area contributed by atoms with Crippen LogP contribution in [0.3, 0.4) is 0 Å². The highest BCUT2D eigenvalue weighted by molar-refractivity contribution is 6.12. The summed E-state index contributed by atoms with van der Waals surface area (Å²) in [6, 6.07) is 24.2. The molecule has 2 heterocycles. The monoisotopic (exact) mass is 450 g/mol. The molecule has 0 radical (unpaired) electrons.